The van der Waals surface area contributed by atoms with Crippen molar-refractivity contribution in [2.45, 2.75) is 58.5 Å². The molecule has 2 rings (SSSR count). The van der Waals surface area contributed by atoms with Crippen LogP contribution in [0.5, 0.6) is 0 Å². The highest BCUT2D eigenvalue weighted by molar-refractivity contribution is 7.05. The second kappa shape index (κ2) is 7.63. The van der Waals surface area contributed by atoms with Crippen LogP contribution in [-0.2, 0) is 12.8 Å². The minimum Gasteiger partial charge on any atom is -0.271 e. The number of nitrogens with one attached hydrogen (secondary N) is 1. The van der Waals surface area contributed by atoms with Crippen molar-refractivity contribution in [2.75, 3.05) is 0 Å². The lowest BCUT2D eigenvalue weighted by molar-refractivity contribution is 0.467. The second-order valence-electron chi connectivity index (χ2n) is 5.30. The molecule has 0 amide bonds. The molecule has 0 bridgehead atoms. The van der Waals surface area contributed by atoms with Crippen LogP contribution >= 0.6 is 11.5 Å². The Hall–Kier alpha value is -1.31. The molecule has 3 N–H and O–H groups in total. The molecule has 2 heterocycles. The van der Waals surface area contributed by atoms with E-state index >= 15 is 0 Å². The summed E-state index contributed by atoms with van der Waals surface area (Å²) in [6.45, 7) is 6.47. The molecule has 2 aromatic rings. The van der Waals surface area contributed by atoms with Crippen LogP contribution in [-0.4, -0.2) is 19.4 Å². The third kappa shape index (κ3) is 3.87. The van der Waals surface area contributed by atoms with Crippen molar-refractivity contribution in [1.29, 1.82) is 0 Å². The average Bonchev–Trinajstić information content (AvgIpc) is 3.13. The zero-order chi connectivity index (χ0) is 15.2. The van der Waals surface area contributed by atoms with Gasteiger partial charge in [0.1, 0.15) is 0 Å². The lowest BCUT2D eigenvalue weighted by Crippen LogP contribution is -2.29. The van der Waals surface area contributed by atoms with E-state index in [0.717, 1.165) is 41.9 Å². The quantitative estimate of drug-likeness (QED) is 0.578. The van der Waals surface area contributed by atoms with E-state index in [2.05, 4.69) is 46.9 Å². The summed E-state index contributed by atoms with van der Waals surface area (Å²) < 4.78 is 6.08. The predicted molar refractivity (Wildman–Crippen MR) is 84.9 cm³/mol. The topological polar surface area (TPSA) is 81.7 Å². The molecule has 0 aliphatic carbocycles. The highest BCUT2D eigenvalue weighted by Crippen LogP contribution is 2.24. The Labute approximate surface area is 129 Å². The van der Waals surface area contributed by atoms with Gasteiger partial charge in [-0.3, -0.25) is 16.0 Å². The van der Waals surface area contributed by atoms with Crippen molar-refractivity contribution >= 4 is 11.5 Å². The number of nitrogens with zero attached hydrogens (tertiary/aromatic N) is 4. The van der Waals surface area contributed by atoms with Crippen LogP contribution in [0.3, 0.4) is 0 Å². The van der Waals surface area contributed by atoms with E-state index < -0.39 is 0 Å². The van der Waals surface area contributed by atoms with E-state index in [1.807, 2.05) is 10.9 Å². The number of hydrazine groups is 1. The monoisotopic (exact) mass is 308 g/mol. The van der Waals surface area contributed by atoms with Gasteiger partial charge in [0, 0.05) is 18.7 Å². The standard InChI is InChI=1S/C14H24N6S/c1-4-6-12-14(21-19-17-12)13(16-15)9-11-7-8-20(18-11)10(3)5-2/h7-8,10,13,16H,4-6,9,15H2,1-3H3. The van der Waals surface area contributed by atoms with Gasteiger partial charge in [-0.25, -0.2) is 0 Å². The number of aryl methyl sites for hydroxylation is 1. The molecular weight excluding hydrogens is 284 g/mol. The normalized spacial score (nSPS) is 14.3. The van der Waals surface area contributed by atoms with Crippen molar-refractivity contribution in [2.24, 2.45) is 5.84 Å². The predicted octanol–water partition coefficient (Wildman–Crippen LogP) is 2.41. The molecule has 116 valence electrons. The molecule has 0 aliphatic heterocycles. The summed E-state index contributed by atoms with van der Waals surface area (Å²) in [5.41, 5.74) is 4.97. The molecule has 0 aliphatic rings. The molecule has 6 nitrogen and oxygen atoms in total. The Morgan fingerprint density at radius 1 is 1.43 bits per heavy atom. The number of hydrogen-bond donors (Lipinski definition) is 2. The van der Waals surface area contributed by atoms with Gasteiger partial charge in [-0.15, -0.1) is 5.10 Å². The first-order chi connectivity index (χ1) is 10.2. The van der Waals surface area contributed by atoms with Crippen LogP contribution in [0.2, 0.25) is 0 Å². The lowest BCUT2D eigenvalue weighted by Gasteiger charge is -2.14. The fourth-order valence-electron chi connectivity index (χ4n) is 2.25. The Morgan fingerprint density at radius 3 is 2.90 bits per heavy atom. The van der Waals surface area contributed by atoms with Crippen LogP contribution < -0.4 is 11.3 Å². The average molecular weight is 308 g/mol. The molecule has 2 atom stereocenters. The van der Waals surface area contributed by atoms with Crippen molar-refractivity contribution in [3.8, 4) is 0 Å². The summed E-state index contributed by atoms with van der Waals surface area (Å²) in [6.07, 6.45) is 5.85. The number of rotatable bonds is 8. The molecule has 0 fully saturated rings. The highest BCUT2D eigenvalue weighted by atomic mass is 32.1. The Kier molecular flexibility index (Phi) is 5.84. The van der Waals surface area contributed by atoms with Gasteiger partial charge in [0.05, 0.1) is 22.3 Å². The number of hydrogen-bond acceptors (Lipinski definition) is 6. The fraction of sp³-hybridized carbons (Fsp3) is 0.643. The van der Waals surface area contributed by atoms with Crippen molar-refractivity contribution in [3.05, 3.63) is 28.5 Å². The summed E-state index contributed by atoms with van der Waals surface area (Å²) >= 11 is 1.42. The zero-order valence-corrected chi connectivity index (χ0v) is 13.7. The third-order valence-corrected chi connectivity index (χ3v) is 4.59. The van der Waals surface area contributed by atoms with Gasteiger partial charge in [-0.2, -0.15) is 5.10 Å². The van der Waals surface area contributed by atoms with Gasteiger partial charge in [0.25, 0.3) is 0 Å². The summed E-state index contributed by atoms with van der Waals surface area (Å²) in [6, 6.07) is 2.50. The molecule has 0 saturated heterocycles. The molecule has 7 heteroatoms. The highest BCUT2D eigenvalue weighted by Gasteiger charge is 2.19. The Morgan fingerprint density at radius 2 is 2.24 bits per heavy atom. The van der Waals surface area contributed by atoms with Crippen molar-refractivity contribution < 1.29 is 0 Å². The first-order valence-corrected chi connectivity index (χ1v) is 8.28. The van der Waals surface area contributed by atoms with Crippen molar-refractivity contribution in [1.82, 2.24) is 24.8 Å². The molecule has 0 radical (unpaired) electrons. The lowest BCUT2D eigenvalue weighted by atomic mass is 10.1. The molecule has 21 heavy (non-hydrogen) atoms. The smallest absolute Gasteiger partial charge is 0.0804 e. The number of aromatic nitrogens is 4. The third-order valence-electron chi connectivity index (χ3n) is 3.71. The van der Waals surface area contributed by atoms with Gasteiger partial charge >= 0.3 is 0 Å². The first-order valence-electron chi connectivity index (χ1n) is 7.50. The van der Waals surface area contributed by atoms with Gasteiger partial charge < -0.3 is 0 Å². The molecule has 0 aromatic carbocycles. The first kappa shape index (κ1) is 16.1. The minimum atomic E-state index is 0.0202. The van der Waals surface area contributed by atoms with Crippen LogP contribution in [0, 0.1) is 0 Å². The molecule has 0 spiro atoms. The largest absolute Gasteiger partial charge is 0.271 e. The maximum absolute atomic E-state index is 5.74. The summed E-state index contributed by atoms with van der Waals surface area (Å²) in [7, 11) is 0. The van der Waals surface area contributed by atoms with E-state index in [9.17, 15) is 0 Å². The zero-order valence-electron chi connectivity index (χ0n) is 12.9. The van der Waals surface area contributed by atoms with Crippen LogP contribution in [0.4, 0.5) is 0 Å². The fourth-order valence-corrected chi connectivity index (χ4v) is 3.00. The maximum atomic E-state index is 5.74. The van der Waals surface area contributed by atoms with E-state index in [1.165, 1.54) is 11.5 Å². The Balaban J connectivity index is 2.11. The minimum absolute atomic E-state index is 0.0202. The Bertz CT molecular complexity index is 549. The second-order valence-corrected chi connectivity index (χ2v) is 6.09. The maximum Gasteiger partial charge on any atom is 0.0804 e. The van der Waals surface area contributed by atoms with Crippen LogP contribution in [0.1, 0.15) is 62.0 Å². The van der Waals surface area contributed by atoms with Gasteiger partial charge in [-0.1, -0.05) is 24.8 Å². The van der Waals surface area contributed by atoms with Crippen LogP contribution in [0.15, 0.2) is 12.3 Å². The van der Waals surface area contributed by atoms with E-state index in [-0.39, 0.29) is 6.04 Å². The van der Waals surface area contributed by atoms with Crippen molar-refractivity contribution in [3.63, 3.8) is 0 Å². The molecular formula is C14H24N6S. The molecule has 2 unspecified atom stereocenters. The number of nitrogens with two attached hydrogens (primary N) is 1. The van der Waals surface area contributed by atoms with Gasteiger partial charge in [0.2, 0.25) is 0 Å². The summed E-state index contributed by atoms with van der Waals surface area (Å²) in [4.78, 5) is 1.12. The van der Waals surface area contributed by atoms with E-state index in [4.69, 9.17) is 5.84 Å². The summed E-state index contributed by atoms with van der Waals surface area (Å²) in [5.74, 6) is 5.74. The van der Waals surface area contributed by atoms with E-state index in [1.54, 1.807) is 0 Å². The SMILES string of the molecule is CCCc1nnsc1C(Cc1ccn(C(C)CC)n1)NN. The van der Waals surface area contributed by atoms with Crippen LogP contribution in [0.25, 0.3) is 0 Å². The molecule has 2 aromatic heterocycles. The summed E-state index contributed by atoms with van der Waals surface area (Å²) in [5, 5.41) is 8.85. The van der Waals surface area contributed by atoms with Gasteiger partial charge in [-0.05, 0) is 37.4 Å². The van der Waals surface area contributed by atoms with E-state index in [0.29, 0.717) is 6.04 Å². The van der Waals surface area contributed by atoms with Gasteiger partial charge in [0.15, 0.2) is 0 Å². The molecule has 0 saturated carbocycles.